The highest BCUT2D eigenvalue weighted by atomic mass is 35.5. The van der Waals surface area contributed by atoms with Crippen molar-refractivity contribution in [3.63, 3.8) is 0 Å². The van der Waals surface area contributed by atoms with Crippen LogP contribution in [0, 0.1) is 35.3 Å². The molecule has 4 atom stereocenters. The monoisotopic (exact) mass is 970 g/mol. The van der Waals surface area contributed by atoms with Gasteiger partial charge in [0.05, 0.1) is 11.8 Å². The molecule has 4 heterocycles. The van der Waals surface area contributed by atoms with Crippen molar-refractivity contribution in [2.75, 3.05) is 88.1 Å². The Hall–Kier alpha value is -4.80. The van der Waals surface area contributed by atoms with Gasteiger partial charge in [-0.25, -0.2) is 9.59 Å². The van der Waals surface area contributed by atoms with Crippen LogP contribution in [0.5, 0.6) is 0 Å². The third kappa shape index (κ3) is 15.6. The second-order valence-electron chi connectivity index (χ2n) is 18.2. The third-order valence-electron chi connectivity index (χ3n) is 12.6. The van der Waals surface area contributed by atoms with Gasteiger partial charge < -0.3 is 40.4 Å². The van der Waals surface area contributed by atoms with Crippen LogP contribution in [0.3, 0.4) is 0 Å². The lowest BCUT2D eigenvalue weighted by atomic mass is 9.92. The Labute approximate surface area is 394 Å². The number of anilines is 4. The highest BCUT2D eigenvalue weighted by Gasteiger charge is 2.33. The molecule has 2 aliphatic heterocycles. The van der Waals surface area contributed by atoms with E-state index >= 15 is 8.78 Å². The average Bonchev–Trinajstić information content (AvgIpc) is 4.11. The van der Waals surface area contributed by atoms with Crippen LogP contribution in [0.15, 0.2) is 0 Å². The second kappa shape index (κ2) is 25.4. The summed E-state index contributed by atoms with van der Waals surface area (Å²) in [5.74, 6) is -2.91. The Morgan fingerprint density at radius 2 is 0.985 bits per heavy atom. The first-order valence-corrected chi connectivity index (χ1v) is 23.6. The van der Waals surface area contributed by atoms with Gasteiger partial charge in [0.15, 0.2) is 23.3 Å². The van der Waals surface area contributed by atoms with Crippen LogP contribution in [-0.4, -0.2) is 143 Å². The van der Waals surface area contributed by atoms with E-state index in [1.165, 1.54) is 0 Å². The molecular formula is C42H66Cl2F2N14O6. The normalized spacial score (nSPS) is 19.7. The van der Waals surface area contributed by atoms with E-state index in [4.69, 9.17) is 33.4 Å². The van der Waals surface area contributed by atoms with Crippen molar-refractivity contribution in [3.8, 4) is 0 Å². The highest BCUT2D eigenvalue weighted by molar-refractivity contribution is 6.28. The molecule has 0 bridgehead atoms. The van der Waals surface area contributed by atoms with E-state index in [0.29, 0.717) is 37.8 Å². The topological polar surface area (TPSA) is 245 Å². The lowest BCUT2D eigenvalue weighted by Crippen LogP contribution is -2.42. The molecule has 2 aromatic heterocycles. The van der Waals surface area contributed by atoms with E-state index in [-0.39, 0.29) is 59.0 Å². The zero-order valence-electron chi connectivity index (χ0n) is 38.2. The molecule has 20 nitrogen and oxygen atoms in total. The number of carbonyl (C=O) groups excluding carboxylic acids is 2. The molecule has 4 aliphatic rings. The van der Waals surface area contributed by atoms with Crippen molar-refractivity contribution in [1.82, 2.24) is 51.2 Å². The van der Waals surface area contributed by atoms with Gasteiger partial charge in [0, 0.05) is 51.4 Å². The zero-order chi connectivity index (χ0) is 47.9. The van der Waals surface area contributed by atoms with Gasteiger partial charge in [0.2, 0.25) is 34.0 Å². The molecule has 8 N–H and O–H groups in total. The number of nitrogens with zero attached hydrogens (tertiary/aromatic N) is 8. The summed E-state index contributed by atoms with van der Waals surface area (Å²) in [6.07, 6.45) is 10.9. The summed E-state index contributed by atoms with van der Waals surface area (Å²) in [7, 11) is 7.85. The van der Waals surface area contributed by atoms with E-state index in [2.05, 4.69) is 52.3 Å². The fourth-order valence-electron chi connectivity index (χ4n) is 9.55. The largest absolute Gasteiger partial charge is 0.465 e. The number of hydrazine groups is 2. The van der Waals surface area contributed by atoms with Crippen LogP contribution in [0.1, 0.15) is 89.9 Å². The number of rotatable bonds is 20. The number of carboxylic acid groups (broad SMARTS) is 2. The SMILES string of the molecule is CN(C)C[C@@H]1CCCN1c1nc(Cl)nc(NNC(=O)[C@@H](CNC(=O)O)CC2CCCC2)c1F.CN(C)C[C@@H]1CCCN1c1nc(Cl)nc(NNC(=O)[C@@H](CNC(=O)O)CC2CCCC2)c1F. The van der Waals surface area contributed by atoms with Crippen LogP contribution in [0.25, 0.3) is 0 Å². The van der Waals surface area contributed by atoms with Crippen LogP contribution in [0.4, 0.5) is 41.6 Å². The predicted octanol–water partition coefficient (Wildman–Crippen LogP) is 5.41. The Bertz CT molecular complexity index is 1810. The summed E-state index contributed by atoms with van der Waals surface area (Å²) in [4.78, 5) is 71.4. The van der Waals surface area contributed by atoms with Crippen molar-refractivity contribution < 1.29 is 38.2 Å². The average molecular weight is 972 g/mol. The van der Waals surface area contributed by atoms with Crippen LogP contribution in [0.2, 0.25) is 10.6 Å². The van der Waals surface area contributed by atoms with Crippen LogP contribution < -0.4 is 42.1 Å². The number of hydrogen-bond acceptors (Lipinski definition) is 14. The molecule has 4 fully saturated rings. The van der Waals surface area contributed by atoms with Gasteiger partial charge in [0.25, 0.3) is 0 Å². The summed E-state index contributed by atoms with van der Waals surface area (Å²) >= 11 is 12.2. The molecular weight excluding hydrogens is 905 g/mol. The van der Waals surface area contributed by atoms with Gasteiger partial charge in [-0.05, 0) is 102 Å². The molecule has 4 amide bonds. The summed E-state index contributed by atoms with van der Waals surface area (Å²) in [6, 6.07) is 0.196. The minimum Gasteiger partial charge on any atom is -0.465 e. The Balaban J connectivity index is 0.000000247. The second-order valence-corrected chi connectivity index (χ2v) is 18.9. The van der Waals surface area contributed by atoms with E-state index in [1.807, 2.05) is 47.8 Å². The van der Waals surface area contributed by atoms with E-state index < -0.39 is 47.5 Å². The van der Waals surface area contributed by atoms with Gasteiger partial charge in [-0.3, -0.25) is 31.3 Å². The fraction of sp³-hybridized carbons (Fsp3) is 0.714. The van der Waals surface area contributed by atoms with Gasteiger partial charge in [-0.15, -0.1) is 0 Å². The summed E-state index contributed by atoms with van der Waals surface area (Å²) in [5, 5.41) is 22.2. The maximum absolute atomic E-state index is 15.3. The maximum atomic E-state index is 15.3. The van der Waals surface area contributed by atoms with Gasteiger partial charge in [-0.1, -0.05) is 51.4 Å². The highest BCUT2D eigenvalue weighted by Crippen LogP contribution is 2.34. The van der Waals surface area contributed by atoms with E-state index in [9.17, 15) is 19.2 Å². The van der Waals surface area contributed by atoms with Crippen molar-refractivity contribution in [3.05, 3.63) is 22.2 Å². The molecule has 368 valence electrons. The molecule has 66 heavy (non-hydrogen) atoms. The summed E-state index contributed by atoms with van der Waals surface area (Å²) < 4.78 is 30.6. The van der Waals surface area contributed by atoms with Crippen molar-refractivity contribution in [2.24, 2.45) is 23.7 Å². The fourth-order valence-corrected chi connectivity index (χ4v) is 9.87. The Morgan fingerprint density at radius 1 is 0.621 bits per heavy atom. The van der Waals surface area contributed by atoms with Crippen LogP contribution in [-0.2, 0) is 9.59 Å². The first kappa shape index (κ1) is 52.2. The molecule has 0 aromatic carbocycles. The van der Waals surface area contributed by atoms with E-state index in [0.717, 1.165) is 90.1 Å². The molecule has 0 unspecified atom stereocenters. The first-order valence-electron chi connectivity index (χ1n) is 22.8. The molecule has 2 aromatic rings. The molecule has 24 heteroatoms. The van der Waals surface area contributed by atoms with Gasteiger partial charge in [-0.2, -0.15) is 28.7 Å². The van der Waals surface area contributed by atoms with Crippen molar-refractivity contribution >= 4 is 70.5 Å². The molecule has 6 rings (SSSR count). The standard InChI is InChI=1S/2C21H33ClFN7O3/c2*1-29(2)12-15-8-5-9-30(15)18-16(23)17(25-20(22)26-18)27-28-19(31)14(11-24-21(32)33)10-13-6-3-4-7-13/h2*13-15,24H,3-12H2,1-2H3,(H,28,31)(H,32,33)(H,25,26,27)/t2*14-,15+/m11/s1. The van der Waals surface area contributed by atoms with Gasteiger partial charge in [0.1, 0.15) is 0 Å². The number of halogens is 4. The lowest BCUT2D eigenvalue weighted by molar-refractivity contribution is -0.125. The zero-order valence-corrected chi connectivity index (χ0v) is 39.7. The minimum atomic E-state index is -1.19. The number of hydrogen-bond donors (Lipinski definition) is 8. The number of amides is 4. The number of carbonyl (C=O) groups is 4. The Kier molecular flexibility index (Phi) is 20.1. The van der Waals surface area contributed by atoms with Gasteiger partial charge >= 0.3 is 12.2 Å². The quantitative estimate of drug-likeness (QED) is 0.0611. The predicted molar refractivity (Wildman–Crippen MR) is 248 cm³/mol. The Morgan fingerprint density at radius 3 is 1.32 bits per heavy atom. The van der Waals surface area contributed by atoms with E-state index in [1.54, 1.807) is 0 Å². The summed E-state index contributed by atoms with van der Waals surface area (Å²) in [6.45, 7) is 2.77. The number of nitrogens with one attached hydrogen (secondary N) is 6. The van der Waals surface area contributed by atoms with Crippen LogP contribution >= 0.6 is 23.2 Å². The van der Waals surface area contributed by atoms with Crippen molar-refractivity contribution in [2.45, 2.75) is 102 Å². The lowest BCUT2D eigenvalue weighted by Gasteiger charge is -2.28. The maximum Gasteiger partial charge on any atom is 0.404 e. The first-order chi connectivity index (χ1) is 31.5. The molecule has 2 saturated heterocycles. The number of likely N-dealkylation sites (N-methyl/N-ethyl adjacent to an activating group) is 2. The number of aromatic nitrogens is 4. The molecule has 2 saturated carbocycles. The minimum absolute atomic E-state index is 0.0163. The third-order valence-corrected chi connectivity index (χ3v) is 12.9. The molecule has 2 aliphatic carbocycles. The molecule has 0 spiro atoms. The summed E-state index contributed by atoms with van der Waals surface area (Å²) in [5.41, 5.74) is 10.1. The smallest absolute Gasteiger partial charge is 0.404 e. The molecule has 0 radical (unpaired) electrons. The van der Waals surface area contributed by atoms with Crippen molar-refractivity contribution in [1.29, 1.82) is 0 Å².